The van der Waals surface area contributed by atoms with Crippen LogP contribution in [0.5, 0.6) is 0 Å². The van der Waals surface area contributed by atoms with Crippen LogP contribution in [0.3, 0.4) is 0 Å². The van der Waals surface area contributed by atoms with E-state index in [-0.39, 0.29) is 17.3 Å². The summed E-state index contributed by atoms with van der Waals surface area (Å²) in [5, 5.41) is 2.44. The van der Waals surface area contributed by atoms with Crippen LogP contribution in [0, 0.1) is 5.82 Å². The van der Waals surface area contributed by atoms with E-state index in [0.717, 1.165) is 6.42 Å². The normalized spacial score (nSPS) is 9.86. The first kappa shape index (κ1) is 10.5. The second-order valence-electron chi connectivity index (χ2n) is 3.00. The Bertz CT molecular complexity index is 319. The first-order chi connectivity index (χ1) is 6.65. The van der Waals surface area contributed by atoms with E-state index in [2.05, 4.69) is 5.32 Å². The number of hydrogen-bond acceptors (Lipinski definition) is 2. The molecule has 0 aliphatic rings. The predicted octanol–water partition coefficient (Wildman–Crippen LogP) is 2.15. The molecule has 0 radical (unpaired) electrons. The Morgan fingerprint density at radius 2 is 2.29 bits per heavy atom. The highest BCUT2D eigenvalue weighted by atomic mass is 19.1. The molecule has 0 aromatic heterocycles. The van der Waals surface area contributed by atoms with E-state index in [4.69, 9.17) is 5.73 Å². The van der Waals surface area contributed by atoms with Gasteiger partial charge in [-0.2, -0.15) is 0 Å². The molecule has 0 atom stereocenters. The summed E-state index contributed by atoms with van der Waals surface area (Å²) in [6.07, 6.45) is 1.09. The quantitative estimate of drug-likeness (QED) is 0.728. The van der Waals surface area contributed by atoms with Gasteiger partial charge in [-0.1, -0.05) is 13.0 Å². The highest BCUT2D eigenvalue weighted by molar-refractivity contribution is 5.93. The van der Waals surface area contributed by atoms with Gasteiger partial charge in [0, 0.05) is 6.42 Å². The molecule has 14 heavy (non-hydrogen) atoms. The summed E-state index contributed by atoms with van der Waals surface area (Å²) in [7, 11) is 0. The Balaban J connectivity index is 2.80. The third-order valence-electron chi connectivity index (χ3n) is 1.79. The average Bonchev–Trinajstić information content (AvgIpc) is 2.12. The monoisotopic (exact) mass is 196 g/mol. The minimum absolute atomic E-state index is 0.0750. The largest absolute Gasteiger partial charge is 0.397 e. The van der Waals surface area contributed by atoms with Crippen molar-refractivity contribution in [3.63, 3.8) is 0 Å². The number of nitrogen functional groups attached to an aromatic ring is 1. The van der Waals surface area contributed by atoms with Crippen molar-refractivity contribution in [3.05, 3.63) is 24.0 Å². The van der Waals surface area contributed by atoms with Crippen LogP contribution in [-0.2, 0) is 4.79 Å². The summed E-state index contributed by atoms with van der Waals surface area (Å²) in [6.45, 7) is 1.88. The van der Waals surface area contributed by atoms with E-state index in [1.165, 1.54) is 12.1 Å². The second-order valence-corrected chi connectivity index (χ2v) is 3.00. The molecule has 0 spiro atoms. The zero-order valence-corrected chi connectivity index (χ0v) is 8.01. The van der Waals surface area contributed by atoms with Gasteiger partial charge in [-0.25, -0.2) is 4.39 Å². The Morgan fingerprint density at radius 1 is 1.57 bits per heavy atom. The lowest BCUT2D eigenvalue weighted by Gasteiger charge is -2.08. The Hall–Kier alpha value is -1.58. The maximum Gasteiger partial charge on any atom is 0.224 e. The molecule has 0 aliphatic heterocycles. The third kappa shape index (κ3) is 2.45. The standard InChI is InChI=1S/C10H13FN2O/c1-2-4-9(14)13-10-7(11)5-3-6-8(10)12/h3,5-6H,2,4,12H2,1H3,(H,13,14). The molecule has 3 nitrogen and oxygen atoms in total. The van der Waals surface area contributed by atoms with Gasteiger partial charge < -0.3 is 11.1 Å². The maximum absolute atomic E-state index is 13.2. The van der Waals surface area contributed by atoms with Crippen LogP contribution in [0.15, 0.2) is 18.2 Å². The van der Waals surface area contributed by atoms with Crippen LogP contribution in [0.25, 0.3) is 0 Å². The van der Waals surface area contributed by atoms with Crippen molar-refractivity contribution in [1.82, 2.24) is 0 Å². The zero-order valence-electron chi connectivity index (χ0n) is 8.01. The number of nitrogens with two attached hydrogens (primary N) is 1. The first-order valence-electron chi connectivity index (χ1n) is 4.49. The molecule has 1 aromatic rings. The molecular formula is C10H13FN2O. The van der Waals surface area contributed by atoms with E-state index in [9.17, 15) is 9.18 Å². The summed E-state index contributed by atoms with van der Waals surface area (Å²) in [4.78, 5) is 11.2. The minimum Gasteiger partial charge on any atom is -0.397 e. The number of carbonyl (C=O) groups is 1. The van der Waals surface area contributed by atoms with Gasteiger partial charge in [0.25, 0.3) is 0 Å². The fraction of sp³-hybridized carbons (Fsp3) is 0.300. The molecule has 4 heteroatoms. The van der Waals surface area contributed by atoms with Crippen LogP contribution in [0.2, 0.25) is 0 Å². The van der Waals surface area contributed by atoms with E-state index < -0.39 is 5.82 Å². The lowest BCUT2D eigenvalue weighted by molar-refractivity contribution is -0.116. The third-order valence-corrected chi connectivity index (χ3v) is 1.79. The number of nitrogens with one attached hydrogen (secondary N) is 1. The lowest BCUT2D eigenvalue weighted by atomic mass is 10.2. The van der Waals surface area contributed by atoms with Gasteiger partial charge in [-0.05, 0) is 18.6 Å². The average molecular weight is 196 g/mol. The highest BCUT2D eigenvalue weighted by Crippen LogP contribution is 2.21. The minimum atomic E-state index is -0.505. The van der Waals surface area contributed by atoms with Gasteiger partial charge in [-0.3, -0.25) is 4.79 Å². The van der Waals surface area contributed by atoms with Crippen molar-refractivity contribution >= 4 is 17.3 Å². The van der Waals surface area contributed by atoms with Crippen LogP contribution in [0.1, 0.15) is 19.8 Å². The molecule has 0 heterocycles. The van der Waals surface area contributed by atoms with E-state index in [0.29, 0.717) is 6.42 Å². The molecule has 1 aromatic carbocycles. The lowest BCUT2D eigenvalue weighted by Crippen LogP contribution is -2.13. The summed E-state index contributed by atoms with van der Waals surface area (Å²) in [5.41, 5.74) is 5.83. The van der Waals surface area contributed by atoms with E-state index in [1.807, 2.05) is 6.92 Å². The zero-order chi connectivity index (χ0) is 10.6. The number of rotatable bonds is 3. The number of carbonyl (C=O) groups excluding carboxylic acids is 1. The molecule has 1 rings (SSSR count). The fourth-order valence-electron chi connectivity index (χ4n) is 1.10. The highest BCUT2D eigenvalue weighted by Gasteiger charge is 2.08. The van der Waals surface area contributed by atoms with Gasteiger partial charge in [0.1, 0.15) is 11.5 Å². The number of para-hydroxylation sites is 1. The first-order valence-corrected chi connectivity index (χ1v) is 4.49. The Morgan fingerprint density at radius 3 is 2.86 bits per heavy atom. The molecule has 76 valence electrons. The Labute approximate surface area is 82.1 Å². The van der Waals surface area contributed by atoms with Crippen molar-refractivity contribution in [2.24, 2.45) is 0 Å². The topological polar surface area (TPSA) is 55.1 Å². The maximum atomic E-state index is 13.2. The molecule has 3 N–H and O–H groups in total. The van der Waals surface area contributed by atoms with Gasteiger partial charge in [0.2, 0.25) is 5.91 Å². The van der Waals surface area contributed by atoms with E-state index in [1.54, 1.807) is 6.07 Å². The number of benzene rings is 1. The molecule has 1 amide bonds. The molecule has 0 bridgehead atoms. The molecule has 0 fully saturated rings. The van der Waals surface area contributed by atoms with Crippen LogP contribution in [-0.4, -0.2) is 5.91 Å². The number of hydrogen-bond donors (Lipinski definition) is 2. The van der Waals surface area contributed by atoms with Crippen molar-refractivity contribution in [3.8, 4) is 0 Å². The van der Waals surface area contributed by atoms with Crippen molar-refractivity contribution in [2.75, 3.05) is 11.1 Å². The van der Waals surface area contributed by atoms with Crippen molar-refractivity contribution < 1.29 is 9.18 Å². The number of halogens is 1. The second kappa shape index (κ2) is 4.60. The number of amides is 1. The predicted molar refractivity (Wildman–Crippen MR) is 54.4 cm³/mol. The van der Waals surface area contributed by atoms with Crippen LogP contribution in [0.4, 0.5) is 15.8 Å². The summed E-state index contributed by atoms with van der Waals surface area (Å²) >= 11 is 0. The molecule has 0 saturated heterocycles. The summed E-state index contributed by atoms with van der Waals surface area (Å²) in [5.74, 6) is -0.723. The Kier molecular flexibility index (Phi) is 3.45. The van der Waals surface area contributed by atoms with Crippen molar-refractivity contribution in [1.29, 1.82) is 0 Å². The molecule has 0 saturated carbocycles. The van der Waals surface area contributed by atoms with Gasteiger partial charge in [0.15, 0.2) is 0 Å². The van der Waals surface area contributed by atoms with Gasteiger partial charge in [-0.15, -0.1) is 0 Å². The smallest absolute Gasteiger partial charge is 0.224 e. The molecule has 0 aliphatic carbocycles. The number of anilines is 2. The van der Waals surface area contributed by atoms with Gasteiger partial charge >= 0.3 is 0 Å². The summed E-state index contributed by atoms with van der Waals surface area (Å²) in [6, 6.07) is 4.31. The van der Waals surface area contributed by atoms with Crippen molar-refractivity contribution in [2.45, 2.75) is 19.8 Å². The van der Waals surface area contributed by atoms with E-state index >= 15 is 0 Å². The molecule has 0 unspecified atom stereocenters. The van der Waals surface area contributed by atoms with Crippen LogP contribution >= 0.6 is 0 Å². The molecular weight excluding hydrogens is 183 g/mol. The van der Waals surface area contributed by atoms with Crippen LogP contribution < -0.4 is 11.1 Å². The SMILES string of the molecule is CCCC(=O)Nc1c(N)cccc1F. The summed E-state index contributed by atoms with van der Waals surface area (Å²) < 4.78 is 13.2. The fourth-order valence-corrected chi connectivity index (χ4v) is 1.10. The van der Waals surface area contributed by atoms with Gasteiger partial charge in [0.05, 0.1) is 5.69 Å².